The number of halogens is 2. The third-order valence-electron chi connectivity index (χ3n) is 1.48. The molecule has 1 aromatic heterocycles. The van der Waals surface area contributed by atoms with Gasteiger partial charge in [-0.25, -0.2) is 4.98 Å². The van der Waals surface area contributed by atoms with Crippen LogP contribution in [-0.4, -0.2) is 9.97 Å². The van der Waals surface area contributed by atoms with Crippen molar-refractivity contribution in [1.82, 2.24) is 9.97 Å². The standard InChI is InChI=1S/C7H4ClIN2/c8-4-1-2-5-7(6(4)9)11-3-10-5/h1-3H,(H,10,11). The van der Waals surface area contributed by atoms with Gasteiger partial charge in [-0.3, -0.25) is 0 Å². The molecule has 2 aromatic rings. The summed E-state index contributed by atoms with van der Waals surface area (Å²) in [6.45, 7) is 0. The molecule has 0 saturated heterocycles. The number of aromatic amines is 1. The fourth-order valence-corrected chi connectivity index (χ4v) is 1.71. The molecular weight excluding hydrogens is 274 g/mol. The lowest BCUT2D eigenvalue weighted by Gasteiger charge is -1.94. The van der Waals surface area contributed by atoms with Crippen LogP contribution in [0.2, 0.25) is 5.02 Å². The molecule has 0 atom stereocenters. The van der Waals surface area contributed by atoms with Gasteiger partial charge in [0, 0.05) is 0 Å². The zero-order chi connectivity index (χ0) is 7.84. The predicted molar refractivity (Wildman–Crippen MR) is 53.8 cm³/mol. The summed E-state index contributed by atoms with van der Waals surface area (Å²) in [5.74, 6) is 0. The molecule has 0 bridgehead atoms. The number of imidazole rings is 1. The summed E-state index contributed by atoms with van der Waals surface area (Å²) in [6, 6.07) is 3.79. The number of hydrogen-bond donors (Lipinski definition) is 1. The van der Waals surface area contributed by atoms with Crippen molar-refractivity contribution >= 4 is 45.2 Å². The highest BCUT2D eigenvalue weighted by molar-refractivity contribution is 14.1. The van der Waals surface area contributed by atoms with Gasteiger partial charge in [0.2, 0.25) is 0 Å². The first-order valence-electron chi connectivity index (χ1n) is 3.06. The average molecular weight is 278 g/mol. The second-order valence-corrected chi connectivity index (χ2v) is 3.65. The molecule has 0 saturated carbocycles. The number of rotatable bonds is 0. The van der Waals surface area contributed by atoms with Crippen LogP contribution in [0, 0.1) is 3.57 Å². The minimum absolute atomic E-state index is 0.755. The summed E-state index contributed by atoms with van der Waals surface area (Å²) in [5.41, 5.74) is 1.97. The van der Waals surface area contributed by atoms with Crippen LogP contribution >= 0.6 is 34.2 Å². The monoisotopic (exact) mass is 278 g/mol. The molecule has 1 aromatic carbocycles. The van der Waals surface area contributed by atoms with E-state index in [-0.39, 0.29) is 0 Å². The van der Waals surface area contributed by atoms with Crippen LogP contribution in [-0.2, 0) is 0 Å². The molecule has 0 aliphatic heterocycles. The largest absolute Gasteiger partial charge is 0.345 e. The van der Waals surface area contributed by atoms with E-state index in [1.165, 1.54) is 0 Å². The molecule has 1 N–H and O–H groups in total. The normalized spacial score (nSPS) is 10.7. The van der Waals surface area contributed by atoms with Gasteiger partial charge in [0.25, 0.3) is 0 Å². The smallest absolute Gasteiger partial charge is 0.103 e. The zero-order valence-electron chi connectivity index (χ0n) is 5.44. The Kier molecular flexibility index (Phi) is 1.77. The summed E-state index contributed by atoms with van der Waals surface area (Å²) < 4.78 is 1.00. The van der Waals surface area contributed by atoms with Crippen LogP contribution in [0.1, 0.15) is 0 Å². The van der Waals surface area contributed by atoms with Gasteiger partial charge in [0.1, 0.15) is 5.52 Å². The number of aromatic nitrogens is 2. The molecule has 0 fully saturated rings. The number of hydrogen-bond acceptors (Lipinski definition) is 1. The zero-order valence-corrected chi connectivity index (χ0v) is 8.35. The first-order valence-corrected chi connectivity index (χ1v) is 4.52. The second kappa shape index (κ2) is 2.64. The Morgan fingerprint density at radius 3 is 3.09 bits per heavy atom. The number of nitrogens with one attached hydrogen (secondary N) is 1. The first kappa shape index (κ1) is 7.36. The molecule has 2 rings (SSSR count). The van der Waals surface area contributed by atoms with Crippen molar-refractivity contribution in [2.75, 3.05) is 0 Å². The van der Waals surface area contributed by atoms with Gasteiger partial charge in [0.05, 0.1) is 20.4 Å². The molecule has 0 aliphatic carbocycles. The highest BCUT2D eigenvalue weighted by atomic mass is 127. The van der Waals surface area contributed by atoms with Crippen molar-refractivity contribution in [3.05, 3.63) is 27.1 Å². The quantitative estimate of drug-likeness (QED) is 0.738. The Morgan fingerprint density at radius 2 is 2.27 bits per heavy atom. The van der Waals surface area contributed by atoms with Crippen LogP contribution in [0.25, 0.3) is 11.0 Å². The van der Waals surface area contributed by atoms with E-state index in [1.807, 2.05) is 12.1 Å². The van der Waals surface area contributed by atoms with E-state index < -0.39 is 0 Å². The maximum Gasteiger partial charge on any atom is 0.103 e. The van der Waals surface area contributed by atoms with Crippen LogP contribution in [0.3, 0.4) is 0 Å². The minimum Gasteiger partial charge on any atom is -0.345 e. The van der Waals surface area contributed by atoms with Gasteiger partial charge in [-0.05, 0) is 34.7 Å². The molecule has 0 unspecified atom stereocenters. The van der Waals surface area contributed by atoms with E-state index in [2.05, 4.69) is 32.6 Å². The summed E-state index contributed by atoms with van der Waals surface area (Å²) >= 11 is 8.07. The Labute approximate surface area is 82.1 Å². The van der Waals surface area contributed by atoms with Crippen LogP contribution in [0.5, 0.6) is 0 Å². The predicted octanol–water partition coefficient (Wildman–Crippen LogP) is 2.82. The molecule has 0 spiro atoms. The van der Waals surface area contributed by atoms with Crippen LogP contribution in [0.4, 0.5) is 0 Å². The topological polar surface area (TPSA) is 28.7 Å². The highest BCUT2D eigenvalue weighted by Crippen LogP contribution is 2.24. The summed E-state index contributed by atoms with van der Waals surface area (Å²) in [7, 11) is 0. The molecule has 56 valence electrons. The molecule has 11 heavy (non-hydrogen) atoms. The van der Waals surface area contributed by atoms with Gasteiger partial charge >= 0.3 is 0 Å². The maximum atomic E-state index is 5.88. The average Bonchev–Trinajstić information content (AvgIpc) is 2.45. The van der Waals surface area contributed by atoms with E-state index in [0.717, 1.165) is 19.6 Å². The lowest BCUT2D eigenvalue weighted by molar-refractivity contribution is 1.34. The molecule has 2 nitrogen and oxygen atoms in total. The Hall–Kier alpha value is -0.290. The van der Waals surface area contributed by atoms with Crippen LogP contribution < -0.4 is 0 Å². The summed E-state index contributed by atoms with van der Waals surface area (Å²) in [6.07, 6.45) is 1.67. The molecule has 4 heteroatoms. The highest BCUT2D eigenvalue weighted by Gasteiger charge is 2.03. The molecule has 0 aliphatic rings. The van der Waals surface area contributed by atoms with E-state index in [1.54, 1.807) is 6.33 Å². The summed E-state index contributed by atoms with van der Waals surface area (Å²) in [5, 5.41) is 0.755. The van der Waals surface area contributed by atoms with Gasteiger partial charge in [-0.1, -0.05) is 11.6 Å². The van der Waals surface area contributed by atoms with Crippen molar-refractivity contribution in [3.8, 4) is 0 Å². The van der Waals surface area contributed by atoms with Crippen LogP contribution in [0.15, 0.2) is 18.5 Å². The fraction of sp³-hybridized carbons (Fsp3) is 0. The van der Waals surface area contributed by atoms with Crippen molar-refractivity contribution in [2.45, 2.75) is 0 Å². The van der Waals surface area contributed by atoms with E-state index in [0.29, 0.717) is 0 Å². The van der Waals surface area contributed by atoms with Crippen molar-refractivity contribution in [1.29, 1.82) is 0 Å². The maximum absolute atomic E-state index is 5.88. The van der Waals surface area contributed by atoms with Gasteiger partial charge in [0.15, 0.2) is 0 Å². The Morgan fingerprint density at radius 1 is 1.45 bits per heavy atom. The van der Waals surface area contributed by atoms with E-state index in [4.69, 9.17) is 11.6 Å². The van der Waals surface area contributed by atoms with Crippen molar-refractivity contribution in [3.63, 3.8) is 0 Å². The molecule has 1 heterocycles. The number of nitrogens with zero attached hydrogens (tertiary/aromatic N) is 1. The molecular formula is C7H4ClIN2. The number of fused-ring (bicyclic) bond motifs is 1. The van der Waals surface area contributed by atoms with E-state index in [9.17, 15) is 0 Å². The van der Waals surface area contributed by atoms with Crippen molar-refractivity contribution in [2.24, 2.45) is 0 Å². The number of H-pyrrole nitrogens is 1. The lowest BCUT2D eigenvalue weighted by Crippen LogP contribution is -1.76. The van der Waals surface area contributed by atoms with Gasteiger partial charge in [-0.2, -0.15) is 0 Å². The Bertz CT molecular complexity index is 396. The minimum atomic E-state index is 0.755. The molecule has 0 amide bonds. The molecule has 0 radical (unpaired) electrons. The summed E-state index contributed by atoms with van der Waals surface area (Å²) in [4.78, 5) is 7.14. The SMILES string of the molecule is Clc1ccc2[nH]cnc2c1I. The van der Waals surface area contributed by atoms with Crippen molar-refractivity contribution < 1.29 is 0 Å². The van der Waals surface area contributed by atoms with Gasteiger partial charge < -0.3 is 4.98 Å². The lowest BCUT2D eigenvalue weighted by atomic mass is 10.3. The van der Waals surface area contributed by atoms with Gasteiger partial charge in [-0.15, -0.1) is 0 Å². The third kappa shape index (κ3) is 1.12. The first-order chi connectivity index (χ1) is 5.29. The van der Waals surface area contributed by atoms with E-state index >= 15 is 0 Å². The second-order valence-electron chi connectivity index (χ2n) is 2.16. The Balaban J connectivity index is 2.93. The third-order valence-corrected chi connectivity index (χ3v) is 3.21. The number of benzene rings is 1. The fourth-order valence-electron chi connectivity index (χ4n) is 0.949.